The largest absolute Gasteiger partial charge is 0.330 e. The molecule has 1 saturated heterocycles. The van der Waals surface area contributed by atoms with Crippen molar-refractivity contribution in [3.63, 3.8) is 0 Å². The summed E-state index contributed by atoms with van der Waals surface area (Å²) in [4.78, 5) is 2.37. The minimum absolute atomic E-state index is 0.610. The van der Waals surface area contributed by atoms with E-state index in [-0.39, 0.29) is 0 Å². The van der Waals surface area contributed by atoms with Gasteiger partial charge in [-0.2, -0.15) is 0 Å². The molecule has 0 amide bonds. The SMILES string of the molecule is C=C(CCN)C1CCCN1C. The molecule has 1 fully saturated rings. The van der Waals surface area contributed by atoms with E-state index in [9.17, 15) is 0 Å². The zero-order chi connectivity index (χ0) is 8.27. The summed E-state index contributed by atoms with van der Waals surface area (Å²) in [5.74, 6) is 0. The molecule has 1 atom stereocenters. The van der Waals surface area contributed by atoms with Crippen molar-refractivity contribution < 1.29 is 0 Å². The minimum atomic E-state index is 0.610. The van der Waals surface area contributed by atoms with Crippen LogP contribution in [0.1, 0.15) is 19.3 Å². The highest BCUT2D eigenvalue weighted by atomic mass is 15.1. The Bertz CT molecular complexity index is 142. The van der Waals surface area contributed by atoms with Crippen molar-refractivity contribution in [3.05, 3.63) is 12.2 Å². The van der Waals surface area contributed by atoms with Crippen molar-refractivity contribution in [3.8, 4) is 0 Å². The Hall–Kier alpha value is -0.340. The van der Waals surface area contributed by atoms with Gasteiger partial charge in [-0.05, 0) is 39.4 Å². The van der Waals surface area contributed by atoms with E-state index in [1.807, 2.05) is 0 Å². The average molecular weight is 154 g/mol. The molecule has 1 aliphatic heterocycles. The zero-order valence-corrected chi connectivity index (χ0v) is 7.34. The second-order valence-electron chi connectivity index (χ2n) is 3.34. The van der Waals surface area contributed by atoms with E-state index in [1.165, 1.54) is 25.0 Å². The highest BCUT2D eigenvalue weighted by Gasteiger charge is 2.22. The molecule has 0 radical (unpaired) electrons. The Morgan fingerprint density at radius 1 is 1.73 bits per heavy atom. The first-order chi connectivity index (χ1) is 5.25. The molecular weight excluding hydrogens is 136 g/mol. The van der Waals surface area contributed by atoms with E-state index in [4.69, 9.17) is 5.73 Å². The van der Waals surface area contributed by atoms with Gasteiger partial charge in [-0.25, -0.2) is 0 Å². The first kappa shape index (κ1) is 8.75. The number of rotatable bonds is 3. The fourth-order valence-corrected chi connectivity index (χ4v) is 1.78. The quantitative estimate of drug-likeness (QED) is 0.614. The summed E-state index contributed by atoms with van der Waals surface area (Å²) in [5, 5.41) is 0. The second kappa shape index (κ2) is 3.88. The minimum Gasteiger partial charge on any atom is -0.330 e. The number of hydrogen-bond acceptors (Lipinski definition) is 2. The van der Waals surface area contributed by atoms with Gasteiger partial charge in [-0.3, -0.25) is 4.90 Å². The van der Waals surface area contributed by atoms with Gasteiger partial charge in [-0.1, -0.05) is 12.2 Å². The highest BCUT2D eigenvalue weighted by Crippen LogP contribution is 2.22. The predicted octanol–water partition coefficient (Wildman–Crippen LogP) is 0.986. The first-order valence-corrected chi connectivity index (χ1v) is 4.33. The number of nitrogens with zero attached hydrogens (tertiary/aromatic N) is 1. The Morgan fingerprint density at radius 2 is 2.45 bits per heavy atom. The van der Waals surface area contributed by atoms with Crippen molar-refractivity contribution >= 4 is 0 Å². The van der Waals surface area contributed by atoms with Gasteiger partial charge in [-0.15, -0.1) is 0 Å². The number of nitrogens with two attached hydrogens (primary N) is 1. The van der Waals surface area contributed by atoms with Crippen LogP contribution in [0.5, 0.6) is 0 Å². The van der Waals surface area contributed by atoms with Crippen LogP contribution >= 0.6 is 0 Å². The topological polar surface area (TPSA) is 29.3 Å². The molecule has 0 bridgehead atoms. The van der Waals surface area contributed by atoms with Crippen LogP contribution in [0.2, 0.25) is 0 Å². The van der Waals surface area contributed by atoms with Crippen molar-refractivity contribution in [2.75, 3.05) is 20.1 Å². The molecule has 2 N–H and O–H groups in total. The Morgan fingerprint density at radius 3 is 2.91 bits per heavy atom. The van der Waals surface area contributed by atoms with Crippen LogP contribution in [0.15, 0.2) is 12.2 Å². The molecule has 1 unspecified atom stereocenters. The third-order valence-electron chi connectivity index (χ3n) is 2.46. The highest BCUT2D eigenvalue weighted by molar-refractivity contribution is 5.08. The maximum atomic E-state index is 5.46. The lowest BCUT2D eigenvalue weighted by atomic mass is 10.0. The second-order valence-corrected chi connectivity index (χ2v) is 3.34. The molecule has 0 aliphatic carbocycles. The van der Waals surface area contributed by atoms with Crippen LogP contribution < -0.4 is 5.73 Å². The van der Waals surface area contributed by atoms with Gasteiger partial charge in [0.2, 0.25) is 0 Å². The van der Waals surface area contributed by atoms with Crippen LogP contribution in [0, 0.1) is 0 Å². The first-order valence-electron chi connectivity index (χ1n) is 4.33. The smallest absolute Gasteiger partial charge is 0.0302 e. The van der Waals surface area contributed by atoms with Gasteiger partial charge in [0, 0.05) is 6.04 Å². The van der Waals surface area contributed by atoms with E-state index in [1.54, 1.807) is 0 Å². The molecule has 1 heterocycles. The molecule has 0 aromatic rings. The van der Waals surface area contributed by atoms with E-state index in [0.29, 0.717) is 6.04 Å². The molecule has 11 heavy (non-hydrogen) atoms. The molecule has 64 valence electrons. The molecular formula is C9H18N2. The van der Waals surface area contributed by atoms with E-state index < -0.39 is 0 Å². The fraction of sp³-hybridized carbons (Fsp3) is 0.778. The van der Waals surface area contributed by atoms with Gasteiger partial charge < -0.3 is 5.73 Å². The summed E-state index contributed by atoms with van der Waals surface area (Å²) in [6, 6.07) is 0.610. The maximum absolute atomic E-state index is 5.46. The summed E-state index contributed by atoms with van der Waals surface area (Å²) < 4.78 is 0. The number of hydrogen-bond donors (Lipinski definition) is 1. The van der Waals surface area contributed by atoms with Gasteiger partial charge >= 0.3 is 0 Å². The molecule has 2 heteroatoms. The molecule has 0 saturated carbocycles. The fourth-order valence-electron chi connectivity index (χ4n) is 1.78. The number of likely N-dealkylation sites (tertiary alicyclic amines) is 1. The van der Waals surface area contributed by atoms with Gasteiger partial charge in [0.1, 0.15) is 0 Å². The van der Waals surface area contributed by atoms with Crippen LogP contribution in [0.25, 0.3) is 0 Å². The normalized spacial score (nSPS) is 25.8. The monoisotopic (exact) mass is 154 g/mol. The van der Waals surface area contributed by atoms with Crippen LogP contribution in [0.4, 0.5) is 0 Å². The average Bonchev–Trinajstić information content (AvgIpc) is 2.36. The third-order valence-corrected chi connectivity index (χ3v) is 2.46. The molecule has 1 rings (SSSR count). The van der Waals surface area contributed by atoms with E-state index in [0.717, 1.165) is 13.0 Å². The van der Waals surface area contributed by atoms with Gasteiger partial charge in [0.25, 0.3) is 0 Å². The summed E-state index contributed by atoms with van der Waals surface area (Å²) in [6.07, 6.45) is 3.56. The van der Waals surface area contributed by atoms with Crippen molar-refractivity contribution in [1.29, 1.82) is 0 Å². The summed E-state index contributed by atoms with van der Waals surface area (Å²) in [6.45, 7) is 6.01. The Labute approximate surface area is 69.1 Å². The molecule has 1 aliphatic rings. The van der Waals surface area contributed by atoms with Gasteiger partial charge in [0.05, 0.1) is 0 Å². The summed E-state index contributed by atoms with van der Waals surface area (Å²) in [7, 11) is 2.17. The Kier molecular flexibility index (Phi) is 3.09. The van der Waals surface area contributed by atoms with Crippen molar-refractivity contribution in [2.24, 2.45) is 5.73 Å². The van der Waals surface area contributed by atoms with Crippen LogP contribution in [-0.4, -0.2) is 31.1 Å². The lowest BCUT2D eigenvalue weighted by molar-refractivity contribution is 0.340. The third kappa shape index (κ3) is 2.04. The van der Waals surface area contributed by atoms with E-state index >= 15 is 0 Å². The lowest BCUT2D eigenvalue weighted by Crippen LogP contribution is -2.27. The maximum Gasteiger partial charge on any atom is 0.0302 e. The lowest BCUT2D eigenvalue weighted by Gasteiger charge is -2.21. The molecule has 0 aromatic heterocycles. The van der Waals surface area contributed by atoms with Gasteiger partial charge in [0.15, 0.2) is 0 Å². The number of likely N-dealkylation sites (N-methyl/N-ethyl adjacent to an activating group) is 1. The molecule has 2 nitrogen and oxygen atoms in total. The molecule has 0 aromatic carbocycles. The zero-order valence-electron chi connectivity index (χ0n) is 7.34. The van der Waals surface area contributed by atoms with E-state index in [2.05, 4.69) is 18.5 Å². The van der Waals surface area contributed by atoms with Crippen molar-refractivity contribution in [2.45, 2.75) is 25.3 Å². The van der Waals surface area contributed by atoms with Crippen molar-refractivity contribution in [1.82, 2.24) is 4.90 Å². The Balaban J connectivity index is 2.39. The van der Waals surface area contributed by atoms with Crippen LogP contribution in [-0.2, 0) is 0 Å². The standard InChI is InChI=1S/C9H18N2/c1-8(5-6-10)9-4-3-7-11(9)2/h9H,1,3-7,10H2,2H3. The summed E-state index contributed by atoms with van der Waals surface area (Å²) in [5.41, 5.74) is 6.78. The van der Waals surface area contributed by atoms with Crippen LogP contribution in [0.3, 0.4) is 0 Å². The summed E-state index contributed by atoms with van der Waals surface area (Å²) >= 11 is 0. The molecule has 0 spiro atoms. The predicted molar refractivity (Wildman–Crippen MR) is 48.5 cm³/mol.